The van der Waals surface area contributed by atoms with E-state index in [0.717, 1.165) is 44.5 Å². The van der Waals surface area contributed by atoms with E-state index in [9.17, 15) is 9.59 Å². The number of rotatable bonds is 33. The topological polar surface area (TPSA) is 136 Å². The van der Waals surface area contributed by atoms with E-state index < -0.39 is 73.0 Å². The third-order valence-corrected chi connectivity index (χ3v) is 14.5. The molecule has 1 saturated heterocycles. The fourth-order valence-electron chi connectivity index (χ4n) is 10.3. The lowest BCUT2D eigenvalue weighted by atomic mass is 9.87. The second-order valence-corrected chi connectivity index (χ2v) is 20.9. The van der Waals surface area contributed by atoms with Crippen molar-refractivity contribution in [1.82, 2.24) is 0 Å². The van der Waals surface area contributed by atoms with Gasteiger partial charge in [-0.2, -0.15) is 0 Å². The molecular weight excluding hydrogens is 1070 g/mol. The zero-order valence-electron chi connectivity index (χ0n) is 48.2. The first kappa shape index (κ1) is 61.9. The molecular formula is C72H76O13. The van der Waals surface area contributed by atoms with E-state index in [1.165, 1.54) is 13.8 Å². The first-order valence-corrected chi connectivity index (χ1v) is 29.0. The molecule has 1 aliphatic rings. The highest BCUT2D eigenvalue weighted by molar-refractivity contribution is 5.66. The number of carbonyl (C=O) groups is 2. The Bertz CT molecular complexity index is 3110. The fourth-order valence-corrected chi connectivity index (χ4v) is 10.3. The lowest BCUT2D eigenvalue weighted by Gasteiger charge is -2.48. The molecule has 13 nitrogen and oxygen atoms in total. The highest BCUT2D eigenvalue weighted by atomic mass is 16.6. The number of benzene rings is 8. The van der Waals surface area contributed by atoms with E-state index in [0.29, 0.717) is 0 Å². The van der Waals surface area contributed by atoms with Crippen molar-refractivity contribution in [3.8, 4) is 0 Å². The van der Waals surface area contributed by atoms with Gasteiger partial charge >= 0.3 is 11.9 Å². The summed E-state index contributed by atoms with van der Waals surface area (Å²) in [5.74, 6) is -1.03. The van der Waals surface area contributed by atoms with Gasteiger partial charge in [-0.1, -0.05) is 243 Å². The third kappa shape index (κ3) is 19.7. The van der Waals surface area contributed by atoms with Crippen LogP contribution in [-0.4, -0.2) is 86.2 Å². The predicted octanol–water partition coefficient (Wildman–Crippen LogP) is 12.6. The summed E-state index contributed by atoms with van der Waals surface area (Å²) in [7, 11) is 0. The summed E-state index contributed by atoms with van der Waals surface area (Å²) < 4.78 is 77.4. The number of hydrogen-bond acceptors (Lipinski definition) is 13. The zero-order chi connectivity index (χ0) is 58.7. The van der Waals surface area contributed by atoms with Crippen molar-refractivity contribution in [3.05, 3.63) is 287 Å². The number of esters is 2. The molecule has 8 aromatic carbocycles. The van der Waals surface area contributed by atoms with Crippen molar-refractivity contribution < 1.29 is 61.7 Å². The van der Waals surface area contributed by atoms with Crippen molar-refractivity contribution in [3.63, 3.8) is 0 Å². The minimum absolute atomic E-state index is 0.0265. The lowest BCUT2D eigenvalue weighted by Crippen LogP contribution is -2.65. The number of ether oxygens (including phenoxy) is 11. The minimum atomic E-state index is -1.15. The van der Waals surface area contributed by atoms with E-state index >= 15 is 0 Å². The summed E-state index contributed by atoms with van der Waals surface area (Å²) in [5.41, 5.74) is 7.03. The molecule has 0 saturated carbocycles. The van der Waals surface area contributed by atoms with Crippen LogP contribution in [0.25, 0.3) is 0 Å². The van der Waals surface area contributed by atoms with Crippen LogP contribution in [0.4, 0.5) is 0 Å². The molecule has 442 valence electrons. The van der Waals surface area contributed by atoms with Crippen molar-refractivity contribution in [2.24, 2.45) is 0 Å². The summed E-state index contributed by atoms with van der Waals surface area (Å²) in [6, 6.07) is 78.6. The fraction of sp³-hybridized carbons (Fsp3) is 0.306. The van der Waals surface area contributed by atoms with Crippen LogP contribution >= 0.6 is 0 Å². The molecule has 1 fully saturated rings. The monoisotopic (exact) mass is 1150 g/mol. The molecule has 0 aromatic heterocycles. The molecule has 85 heavy (non-hydrogen) atoms. The van der Waals surface area contributed by atoms with Gasteiger partial charge in [0.1, 0.15) is 61.5 Å². The van der Waals surface area contributed by atoms with Crippen molar-refractivity contribution in [2.75, 3.05) is 13.2 Å². The van der Waals surface area contributed by atoms with Gasteiger partial charge < -0.3 is 52.1 Å². The Hall–Kier alpha value is -7.66. The Balaban J connectivity index is 1.24. The average molecular weight is 1150 g/mol. The SMILES string of the molecule is CC(=O)OC[C@H](OCc1ccccc1)[C@@H](OCc1ccccc1)[C@H](OCc1ccccc1)[C@H](OCc1ccccc1)[C@@H](OCc1ccccc1)[C@@H](OCc1ccccc1)[C@@H]1OC[C@H](OCc2ccccc2)[C@H](OC(C)=O)[C@@H]1OCc1ccccc1. The maximum Gasteiger partial charge on any atom is 0.303 e. The highest BCUT2D eigenvalue weighted by Gasteiger charge is 2.54. The lowest BCUT2D eigenvalue weighted by molar-refractivity contribution is -0.282. The molecule has 0 radical (unpaired) electrons. The van der Waals surface area contributed by atoms with E-state index in [-0.39, 0.29) is 66.1 Å². The van der Waals surface area contributed by atoms with Crippen LogP contribution in [-0.2, 0) is 115 Å². The second-order valence-electron chi connectivity index (χ2n) is 20.9. The number of hydrogen-bond donors (Lipinski definition) is 0. The molecule has 8 aromatic rings. The summed E-state index contributed by atoms with van der Waals surface area (Å²) in [6.07, 6.45) is -10.5. The van der Waals surface area contributed by atoms with Gasteiger partial charge in [0.05, 0.1) is 59.5 Å². The minimum Gasteiger partial charge on any atom is -0.463 e. The normalized spacial score (nSPS) is 18.0. The quantitative estimate of drug-likeness (QED) is 0.0361. The van der Waals surface area contributed by atoms with Gasteiger partial charge in [0.25, 0.3) is 0 Å². The molecule has 0 spiro atoms. The Morgan fingerprint density at radius 2 is 0.682 bits per heavy atom. The van der Waals surface area contributed by atoms with Crippen molar-refractivity contribution in [1.29, 1.82) is 0 Å². The van der Waals surface area contributed by atoms with Gasteiger partial charge in [-0.15, -0.1) is 0 Å². The first-order chi connectivity index (χ1) is 41.8. The molecule has 0 aliphatic carbocycles. The molecule has 1 heterocycles. The van der Waals surface area contributed by atoms with Crippen LogP contribution in [0.1, 0.15) is 58.4 Å². The van der Waals surface area contributed by atoms with E-state index in [1.54, 1.807) is 0 Å². The molecule has 0 amide bonds. The largest absolute Gasteiger partial charge is 0.463 e. The Morgan fingerprint density at radius 3 is 1.06 bits per heavy atom. The highest BCUT2D eigenvalue weighted by Crippen LogP contribution is 2.36. The van der Waals surface area contributed by atoms with E-state index in [4.69, 9.17) is 52.1 Å². The Morgan fingerprint density at radius 1 is 0.365 bits per heavy atom. The third-order valence-electron chi connectivity index (χ3n) is 14.5. The van der Waals surface area contributed by atoms with Crippen molar-refractivity contribution in [2.45, 2.75) is 128 Å². The number of carbonyl (C=O) groups excluding carboxylic acids is 2. The maximum atomic E-state index is 13.6. The maximum absolute atomic E-state index is 13.6. The Labute approximate surface area is 499 Å². The van der Waals surface area contributed by atoms with E-state index in [1.807, 2.05) is 243 Å². The average Bonchev–Trinajstić information content (AvgIpc) is 2.22. The molecule has 0 N–H and O–H groups in total. The zero-order valence-corrected chi connectivity index (χ0v) is 48.2. The predicted molar refractivity (Wildman–Crippen MR) is 322 cm³/mol. The second kappa shape index (κ2) is 33.7. The van der Waals surface area contributed by atoms with Gasteiger partial charge in [-0.25, -0.2) is 0 Å². The molecule has 10 atom stereocenters. The summed E-state index contributed by atoms with van der Waals surface area (Å²) in [5, 5.41) is 0. The smallest absolute Gasteiger partial charge is 0.303 e. The van der Waals surface area contributed by atoms with Crippen molar-refractivity contribution >= 4 is 11.9 Å². The molecule has 0 unspecified atom stereocenters. The molecule has 9 rings (SSSR count). The molecule has 1 aliphatic heterocycles. The summed E-state index contributed by atoms with van der Waals surface area (Å²) >= 11 is 0. The van der Waals surface area contributed by atoms with Crippen LogP contribution < -0.4 is 0 Å². The van der Waals surface area contributed by atoms with E-state index in [2.05, 4.69) is 0 Å². The van der Waals surface area contributed by atoms with Gasteiger partial charge in [0, 0.05) is 13.8 Å². The van der Waals surface area contributed by atoms with Crippen LogP contribution in [0.15, 0.2) is 243 Å². The van der Waals surface area contributed by atoms with Gasteiger partial charge in [-0.3, -0.25) is 9.59 Å². The first-order valence-electron chi connectivity index (χ1n) is 29.0. The van der Waals surface area contributed by atoms with Crippen LogP contribution in [0.2, 0.25) is 0 Å². The van der Waals surface area contributed by atoms with Crippen LogP contribution in [0.5, 0.6) is 0 Å². The van der Waals surface area contributed by atoms with Crippen LogP contribution in [0.3, 0.4) is 0 Å². The van der Waals surface area contributed by atoms with Gasteiger partial charge in [-0.05, 0) is 44.5 Å². The van der Waals surface area contributed by atoms with Crippen LogP contribution in [0, 0.1) is 0 Å². The Kier molecular flexibility index (Phi) is 24.6. The van der Waals surface area contributed by atoms with Gasteiger partial charge in [0.2, 0.25) is 0 Å². The molecule has 13 heteroatoms. The summed E-state index contributed by atoms with van der Waals surface area (Å²) in [4.78, 5) is 26.6. The standard InChI is InChI=1S/C72H76O13/c1-53(73)75-51-63(76-43-55-27-11-3-12-28-55)65(78-45-57-31-15-5-16-32-57)67(79-46-58-33-17-6-18-34-58)69(81-48-60-37-21-8-22-38-60)71(82-49-61-39-23-9-24-40-61)72(83-50-62-41-25-10-26-42-62)70-68(80-47-59-35-19-7-20-36-59)66(85-54(2)74)64(52-84-70)77-44-56-29-13-4-14-30-56/h3-42,63-72H,43-52H2,1-2H3/t63-,64-,65+,66-,67-,68-,69-,70+,71+,72-/m0/s1. The van der Waals surface area contributed by atoms with Gasteiger partial charge in [0.15, 0.2) is 6.10 Å². The summed E-state index contributed by atoms with van der Waals surface area (Å²) in [6.45, 7) is 3.38. The molecule has 0 bridgehead atoms.